The highest BCUT2D eigenvalue weighted by Crippen LogP contribution is 2.47. The van der Waals surface area contributed by atoms with Gasteiger partial charge in [0.2, 0.25) is 6.79 Å². The largest absolute Gasteiger partial charge is 0.454 e. The number of benzene rings is 2. The lowest BCUT2D eigenvalue weighted by atomic mass is 9.87. The van der Waals surface area contributed by atoms with Gasteiger partial charge in [-0.3, -0.25) is 4.79 Å². The first-order chi connectivity index (χ1) is 13.9. The number of rotatable bonds is 2. The maximum atomic E-state index is 13.9. The summed E-state index contributed by atoms with van der Waals surface area (Å²) >= 11 is 0. The number of halogens is 1. The first kappa shape index (κ1) is 18.3. The smallest absolute Gasteiger partial charge is 0.254 e. The zero-order valence-corrected chi connectivity index (χ0v) is 16.8. The van der Waals surface area contributed by atoms with Gasteiger partial charge in [-0.1, -0.05) is 6.07 Å². The van der Waals surface area contributed by atoms with Gasteiger partial charge in [0.25, 0.3) is 5.91 Å². The summed E-state index contributed by atoms with van der Waals surface area (Å²) in [5.74, 6) is 1.09. The van der Waals surface area contributed by atoms with E-state index in [1.54, 1.807) is 24.3 Å². The Balaban J connectivity index is 1.46. The molecule has 0 aromatic heterocycles. The van der Waals surface area contributed by atoms with Crippen LogP contribution >= 0.6 is 0 Å². The average molecular weight is 396 g/mol. The number of carbonyl (C=O) groups is 1. The quantitative estimate of drug-likeness (QED) is 0.762. The van der Waals surface area contributed by atoms with Crippen LogP contribution in [0.3, 0.4) is 0 Å². The summed E-state index contributed by atoms with van der Waals surface area (Å²) in [6.07, 6.45) is 2.79. The lowest BCUT2D eigenvalue weighted by Gasteiger charge is -2.35. The van der Waals surface area contributed by atoms with Gasteiger partial charge in [-0.05, 0) is 69.5 Å². The molecule has 29 heavy (non-hydrogen) atoms. The molecule has 1 atom stereocenters. The summed E-state index contributed by atoms with van der Waals surface area (Å²) in [6.45, 7) is 5.99. The van der Waals surface area contributed by atoms with Gasteiger partial charge in [-0.2, -0.15) is 0 Å². The van der Waals surface area contributed by atoms with Gasteiger partial charge >= 0.3 is 0 Å². The fourth-order valence-corrected chi connectivity index (χ4v) is 5.34. The predicted molar refractivity (Wildman–Crippen MR) is 108 cm³/mol. The van der Waals surface area contributed by atoms with E-state index in [-0.39, 0.29) is 29.6 Å². The van der Waals surface area contributed by atoms with Crippen molar-refractivity contribution in [1.82, 2.24) is 4.90 Å². The predicted octanol–water partition coefficient (Wildman–Crippen LogP) is 4.22. The molecule has 2 saturated heterocycles. The maximum Gasteiger partial charge on any atom is 0.254 e. The molecule has 152 valence electrons. The average Bonchev–Trinajstić information content (AvgIpc) is 3.37. The molecular weight excluding hydrogens is 371 g/mol. The Morgan fingerprint density at radius 1 is 1.10 bits per heavy atom. The normalized spacial score (nSPS) is 24.5. The molecule has 0 N–H and O–H groups in total. The minimum atomic E-state index is -0.247. The van der Waals surface area contributed by atoms with Crippen molar-refractivity contribution < 1.29 is 18.7 Å². The number of amides is 1. The van der Waals surface area contributed by atoms with Crippen LogP contribution < -0.4 is 14.4 Å². The second-order valence-electron chi connectivity index (χ2n) is 8.91. The highest BCUT2D eigenvalue weighted by Gasteiger charge is 2.55. The van der Waals surface area contributed by atoms with Crippen LogP contribution in [-0.4, -0.2) is 41.8 Å². The van der Waals surface area contributed by atoms with Crippen LogP contribution in [0.2, 0.25) is 0 Å². The third-order valence-corrected chi connectivity index (χ3v) is 6.53. The molecule has 0 bridgehead atoms. The zero-order chi connectivity index (χ0) is 20.2. The highest BCUT2D eigenvalue weighted by atomic mass is 19.1. The molecule has 0 saturated carbocycles. The fraction of sp³-hybridized carbons (Fsp3) is 0.435. The Kier molecular flexibility index (Phi) is 4.02. The Bertz CT molecular complexity index is 976. The van der Waals surface area contributed by atoms with Crippen molar-refractivity contribution >= 4 is 11.6 Å². The lowest BCUT2D eigenvalue weighted by Crippen LogP contribution is -2.49. The van der Waals surface area contributed by atoms with Crippen molar-refractivity contribution in [1.29, 1.82) is 0 Å². The van der Waals surface area contributed by atoms with Gasteiger partial charge in [-0.15, -0.1) is 0 Å². The van der Waals surface area contributed by atoms with Crippen molar-refractivity contribution in [3.63, 3.8) is 0 Å². The van der Waals surface area contributed by atoms with Crippen LogP contribution in [0, 0.1) is 5.82 Å². The van der Waals surface area contributed by atoms with Gasteiger partial charge in [0.15, 0.2) is 11.5 Å². The third kappa shape index (κ3) is 2.93. The molecule has 1 spiro atoms. The number of likely N-dealkylation sites (tertiary alicyclic amines) is 1. The van der Waals surface area contributed by atoms with Gasteiger partial charge in [0.05, 0.1) is 5.54 Å². The molecule has 3 aliphatic rings. The monoisotopic (exact) mass is 396 g/mol. The highest BCUT2D eigenvalue weighted by molar-refractivity contribution is 5.96. The van der Waals surface area contributed by atoms with Crippen molar-refractivity contribution in [2.45, 2.75) is 44.2 Å². The van der Waals surface area contributed by atoms with Crippen LogP contribution in [0.1, 0.15) is 43.5 Å². The zero-order valence-electron chi connectivity index (χ0n) is 16.8. The number of carbonyl (C=O) groups excluding carboxylic acids is 1. The minimum Gasteiger partial charge on any atom is -0.454 e. The number of hydrogen-bond donors (Lipinski definition) is 0. The second kappa shape index (κ2) is 6.37. The third-order valence-electron chi connectivity index (χ3n) is 6.53. The Labute approximate surface area is 170 Å². The Morgan fingerprint density at radius 3 is 2.76 bits per heavy atom. The number of hydrogen-bond acceptors (Lipinski definition) is 4. The van der Waals surface area contributed by atoms with Crippen molar-refractivity contribution in [3.05, 3.63) is 53.8 Å². The number of anilines is 1. The van der Waals surface area contributed by atoms with E-state index < -0.39 is 0 Å². The molecule has 6 heteroatoms. The molecule has 2 aromatic rings. The number of nitrogens with zero attached hydrogens (tertiary/aromatic N) is 2. The van der Waals surface area contributed by atoms with Gasteiger partial charge in [-0.25, -0.2) is 4.39 Å². The van der Waals surface area contributed by atoms with E-state index in [2.05, 4.69) is 18.7 Å². The molecule has 1 unspecified atom stereocenters. The van der Waals surface area contributed by atoms with E-state index in [0.717, 1.165) is 31.5 Å². The first-order valence-electron chi connectivity index (χ1n) is 10.1. The second-order valence-corrected chi connectivity index (χ2v) is 8.91. The SMILES string of the molecule is CC1(C)CC2(CCCN2C(=O)c2ccc3c(c2)OCO3)CN1c1cccc(F)c1. The van der Waals surface area contributed by atoms with Crippen LogP contribution in [0.5, 0.6) is 11.5 Å². The molecule has 5 nitrogen and oxygen atoms in total. The van der Waals surface area contributed by atoms with E-state index in [1.807, 2.05) is 17.0 Å². The van der Waals surface area contributed by atoms with Crippen LogP contribution in [0.4, 0.5) is 10.1 Å². The minimum absolute atomic E-state index is 0.0256. The Morgan fingerprint density at radius 2 is 1.93 bits per heavy atom. The number of fused-ring (bicyclic) bond motifs is 1. The first-order valence-corrected chi connectivity index (χ1v) is 10.1. The van der Waals surface area contributed by atoms with Crippen molar-refractivity contribution in [2.75, 3.05) is 24.8 Å². The van der Waals surface area contributed by atoms with E-state index in [9.17, 15) is 9.18 Å². The summed E-state index contributed by atoms with van der Waals surface area (Å²) in [5.41, 5.74) is 1.07. The molecule has 2 fully saturated rings. The molecule has 2 aromatic carbocycles. The van der Waals surface area contributed by atoms with Gasteiger partial charge < -0.3 is 19.3 Å². The molecule has 3 aliphatic heterocycles. The van der Waals surface area contributed by atoms with Crippen LogP contribution in [-0.2, 0) is 0 Å². The summed E-state index contributed by atoms with van der Waals surface area (Å²) in [4.78, 5) is 17.8. The van der Waals surface area contributed by atoms with Crippen LogP contribution in [0.25, 0.3) is 0 Å². The van der Waals surface area contributed by atoms with E-state index in [0.29, 0.717) is 23.6 Å². The summed E-state index contributed by atoms with van der Waals surface area (Å²) in [5, 5.41) is 0. The van der Waals surface area contributed by atoms with Gasteiger partial charge in [0, 0.05) is 29.9 Å². The molecule has 5 rings (SSSR count). The number of ether oxygens (including phenoxy) is 2. The summed E-state index contributed by atoms with van der Waals surface area (Å²) in [7, 11) is 0. The van der Waals surface area contributed by atoms with E-state index in [1.165, 1.54) is 6.07 Å². The van der Waals surface area contributed by atoms with Gasteiger partial charge in [0.1, 0.15) is 5.82 Å². The topological polar surface area (TPSA) is 42.0 Å². The summed E-state index contributed by atoms with van der Waals surface area (Å²) < 4.78 is 24.7. The maximum absolute atomic E-state index is 13.9. The Hall–Kier alpha value is -2.76. The van der Waals surface area contributed by atoms with Crippen LogP contribution in [0.15, 0.2) is 42.5 Å². The fourth-order valence-electron chi connectivity index (χ4n) is 5.34. The molecule has 3 heterocycles. The lowest BCUT2D eigenvalue weighted by molar-refractivity contribution is 0.0617. The molecule has 1 amide bonds. The molecule has 0 radical (unpaired) electrons. The van der Waals surface area contributed by atoms with E-state index in [4.69, 9.17) is 9.47 Å². The molecular formula is C23H25FN2O3. The van der Waals surface area contributed by atoms with E-state index >= 15 is 0 Å². The summed E-state index contributed by atoms with van der Waals surface area (Å²) in [6, 6.07) is 12.1. The standard InChI is InChI=1S/C23H25FN2O3/c1-22(2)13-23(14-26(22)18-6-3-5-17(24)12-18)9-4-10-25(23)21(27)16-7-8-19-20(11-16)29-15-28-19/h3,5-8,11-12H,4,9-10,13-15H2,1-2H3. The van der Waals surface area contributed by atoms with Crippen molar-refractivity contribution in [3.8, 4) is 11.5 Å². The van der Waals surface area contributed by atoms with Crippen molar-refractivity contribution in [2.24, 2.45) is 0 Å². The molecule has 0 aliphatic carbocycles.